The number of nitrogens with zero attached hydrogens (tertiary/aromatic N) is 5. The average Bonchev–Trinajstić information content (AvgIpc) is 3.51. The van der Waals surface area contributed by atoms with Crippen LogP contribution in [0.4, 0.5) is 0 Å². The first-order valence-corrected chi connectivity index (χ1v) is 11.2. The van der Waals surface area contributed by atoms with E-state index in [9.17, 15) is 0 Å². The highest BCUT2D eigenvalue weighted by Gasteiger charge is 2.16. The van der Waals surface area contributed by atoms with Gasteiger partial charge in [0.05, 0.1) is 16.7 Å². The van der Waals surface area contributed by atoms with Gasteiger partial charge in [-0.15, -0.1) is 0 Å². The predicted octanol–water partition coefficient (Wildman–Crippen LogP) is 4.73. The molecule has 5 heterocycles. The lowest BCUT2D eigenvalue weighted by Crippen LogP contribution is -2.11. The SMILES string of the molecule is CCNCc1cncc(-c2ccc3[nH]nc(-c4nc5c(-c6ccccn6)nccc5[nH]4)c3c2)c1. The molecule has 166 valence electrons. The van der Waals surface area contributed by atoms with Gasteiger partial charge in [-0.3, -0.25) is 20.1 Å². The molecular weight excluding hydrogens is 424 g/mol. The number of H-pyrrole nitrogens is 2. The number of aromatic nitrogens is 7. The van der Waals surface area contributed by atoms with E-state index >= 15 is 0 Å². The summed E-state index contributed by atoms with van der Waals surface area (Å²) in [5.41, 5.74) is 8.18. The number of benzene rings is 1. The summed E-state index contributed by atoms with van der Waals surface area (Å²) in [6.07, 6.45) is 7.31. The van der Waals surface area contributed by atoms with E-state index in [1.54, 1.807) is 12.4 Å². The zero-order valence-corrected chi connectivity index (χ0v) is 18.6. The highest BCUT2D eigenvalue weighted by molar-refractivity contribution is 5.97. The van der Waals surface area contributed by atoms with Gasteiger partial charge < -0.3 is 10.3 Å². The van der Waals surface area contributed by atoms with Crippen LogP contribution in [0.25, 0.3) is 56.0 Å². The third-order valence-electron chi connectivity index (χ3n) is 5.80. The van der Waals surface area contributed by atoms with Gasteiger partial charge in [-0.25, -0.2) is 4.98 Å². The van der Waals surface area contributed by atoms with E-state index in [1.807, 2.05) is 42.7 Å². The zero-order valence-electron chi connectivity index (χ0n) is 18.6. The Morgan fingerprint density at radius 1 is 0.882 bits per heavy atom. The Balaban J connectivity index is 1.44. The summed E-state index contributed by atoms with van der Waals surface area (Å²) >= 11 is 0. The lowest BCUT2D eigenvalue weighted by atomic mass is 10.0. The summed E-state index contributed by atoms with van der Waals surface area (Å²) in [5, 5.41) is 12.0. The van der Waals surface area contributed by atoms with Crippen LogP contribution in [0.2, 0.25) is 0 Å². The molecule has 0 bridgehead atoms. The molecule has 0 saturated heterocycles. The average molecular weight is 447 g/mol. The summed E-state index contributed by atoms with van der Waals surface area (Å²) in [6.45, 7) is 3.81. The van der Waals surface area contributed by atoms with Crippen molar-refractivity contribution in [1.82, 2.24) is 40.4 Å². The van der Waals surface area contributed by atoms with E-state index in [4.69, 9.17) is 4.98 Å². The van der Waals surface area contributed by atoms with E-state index in [0.717, 1.165) is 68.8 Å². The van der Waals surface area contributed by atoms with Gasteiger partial charge in [0, 0.05) is 42.3 Å². The fourth-order valence-corrected chi connectivity index (χ4v) is 4.12. The molecule has 5 aromatic heterocycles. The number of imidazole rings is 1. The van der Waals surface area contributed by atoms with Gasteiger partial charge in [0.25, 0.3) is 0 Å². The minimum atomic E-state index is 0.683. The summed E-state index contributed by atoms with van der Waals surface area (Å²) in [7, 11) is 0. The second-order valence-electron chi connectivity index (χ2n) is 8.05. The molecule has 0 saturated carbocycles. The van der Waals surface area contributed by atoms with Crippen molar-refractivity contribution in [2.75, 3.05) is 6.54 Å². The minimum Gasteiger partial charge on any atom is -0.336 e. The highest BCUT2D eigenvalue weighted by Crippen LogP contribution is 2.32. The summed E-state index contributed by atoms with van der Waals surface area (Å²) in [5.74, 6) is 0.683. The smallest absolute Gasteiger partial charge is 0.159 e. The van der Waals surface area contributed by atoms with Crippen LogP contribution < -0.4 is 5.32 Å². The molecule has 0 aliphatic heterocycles. The van der Waals surface area contributed by atoms with Crippen molar-refractivity contribution in [3.05, 3.63) is 78.9 Å². The van der Waals surface area contributed by atoms with Crippen LogP contribution in [0.3, 0.4) is 0 Å². The number of hydrogen-bond acceptors (Lipinski definition) is 6. The fraction of sp³-hybridized carbons (Fsp3) is 0.115. The van der Waals surface area contributed by atoms with Gasteiger partial charge >= 0.3 is 0 Å². The van der Waals surface area contributed by atoms with Gasteiger partial charge in [-0.1, -0.05) is 19.1 Å². The summed E-state index contributed by atoms with van der Waals surface area (Å²) in [4.78, 5) is 21.7. The Kier molecular flexibility index (Phi) is 5.04. The van der Waals surface area contributed by atoms with E-state index in [-0.39, 0.29) is 0 Å². The molecular formula is C26H22N8. The molecule has 8 heteroatoms. The molecule has 0 fully saturated rings. The molecule has 0 atom stereocenters. The van der Waals surface area contributed by atoms with E-state index in [1.165, 1.54) is 0 Å². The second-order valence-corrected chi connectivity index (χ2v) is 8.05. The Bertz CT molecular complexity index is 1600. The fourth-order valence-electron chi connectivity index (χ4n) is 4.12. The maximum absolute atomic E-state index is 4.87. The van der Waals surface area contributed by atoms with Crippen LogP contribution in [-0.4, -0.2) is 41.7 Å². The Hall–Kier alpha value is -4.43. The molecule has 1 aromatic carbocycles. The van der Waals surface area contributed by atoms with Crippen LogP contribution in [-0.2, 0) is 6.54 Å². The first-order valence-electron chi connectivity index (χ1n) is 11.2. The zero-order chi connectivity index (χ0) is 22.9. The van der Waals surface area contributed by atoms with Crippen molar-refractivity contribution in [2.24, 2.45) is 0 Å². The molecule has 0 aliphatic carbocycles. The number of rotatable bonds is 6. The molecule has 34 heavy (non-hydrogen) atoms. The van der Waals surface area contributed by atoms with Crippen LogP contribution in [0, 0.1) is 0 Å². The van der Waals surface area contributed by atoms with Gasteiger partial charge in [0.2, 0.25) is 0 Å². The lowest BCUT2D eigenvalue weighted by molar-refractivity contribution is 0.724. The van der Waals surface area contributed by atoms with Gasteiger partial charge in [0.1, 0.15) is 16.9 Å². The normalized spacial score (nSPS) is 11.4. The molecule has 0 spiro atoms. The molecule has 0 unspecified atom stereocenters. The van der Waals surface area contributed by atoms with E-state index in [2.05, 4.69) is 60.6 Å². The van der Waals surface area contributed by atoms with Gasteiger partial charge in [0.15, 0.2) is 5.82 Å². The topological polar surface area (TPSA) is 108 Å². The van der Waals surface area contributed by atoms with Gasteiger partial charge in [-0.2, -0.15) is 5.10 Å². The first-order chi connectivity index (χ1) is 16.8. The molecule has 6 rings (SSSR count). The van der Waals surface area contributed by atoms with Crippen molar-refractivity contribution in [3.63, 3.8) is 0 Å². The quantitative estimate of drug-likeness (QED) is 0.341. The van der Waals surface area contributed by atoms with Crippen molar-refractivity contribution in [3.8, 4) is 34.0 Å². The number of aromatic amines is 2. The van der Waals surface area contributed by atoms with E-state index < -0.39 is 0 Å². The van der Waals surface area contributed by atoms with E-state index in [0.29, 0.717) is 5.82 Å². The Morgan fingerprint density at radius 3 is 2.74 bits per heavy atom. The molecule has 0 radical (unpaired) electrons. The maximum atomic E-state index is 4.87. The first kappa shape index (κ1) is 20.2. The number of hydrogen-bond donors (Lipinski definition) is 3. The maximum Gasteiger partial charge on any atom is 0.159 e. The summed E-state index contributed by atoms with van der Waals surface area (Å²) in [6, 6.07) is 16.1. The molecule has 6 aromatic rings. The Morgan fingerprint density at radius 2 is 1.85 bits per heavy atom. The van der Waals surface area contributed by atoms with Crippen molar-refractivity contribution >= 4 is 21.9 Å². The van der Waals surface area contributed by atoms with Crippen LogP contribution in [0.15, 0.2) is 73.3 Å². The highest BCUT2D eigenvalue weighted by atomic mass is 15.1. The third-order valence-corrected chi connectivity index (χ3v) is 5.80. The second kappa shape index (κ2) is 8.49. The molecule has 8 nitrogen and oxygen atoms in total. The van der Waals surface area contributed by atoms with Crippen molar-refractivity contribution in [1.29, 1.82) is 0 Å². The monoisotopic (exact) mass is 446 g/mol. The largest absolute Gasteiger partial charge is 0.336 e. The predicted molar refractivity (Wildman–Crippen MR) is 133 cm³/mol. The standard InChI is InChI=1S/C26H22N8/c1-2-27-13-16-11-18(15-28-14-16)17-6-7-20-19(12-17)23(34-33-20)26-31-22-8-10-30-24(25(22)32-26)21-5-3-4-9-29-21/h3-12,14-15,27H,2,13H2,1H3,(H,31,32)(H,33,34). The number of fused-ring (bicyclic) bond motifs is 2. The summed E-state index contributed by atoms with van der Waals surface area (Å²) < 4.78 is 0. The minimum absolute atomic E-state index is 0.683. The van der Waals surface area contributed by atoms with Crippen LogP contribution in [0.5, 0.6) is 0 Å². The van der Waals surface area contributed by atoms with Crippen molar-refractivity contribution < 1.29 is 0 Å². The third kappa shape index (κ3) is 3.60. The molecule has 0 amide bonds. The molecule has 0 aliphatic rings. The van der Waals surface area contributed by atoms with Gasteiger partial charge in [-0.05, 0) is 54.1 Å². The van der Waals surface area contributed by atoms with Crippen molar-refractivity contribution in [2.45, 2.75) is 13.5 Å². The lowest BCUT2D eigenvalue weighted by Gasteiger charge is -2.06. The Labute approximate surface area is 195 Å². The number of nitrogens with one attached hydrogen (secondary N) is 3. The van der Waals surface area contributed by atoms with Crippen LogP contribution in [0.1, 0.15) is 12.5 Å². The molecule has 3 N–H and O–H groups in total. The number of pyridine rings is 3. The van der Waals surface area contributed by atoms with Crippen LogP contribution >= 0.6 is 0 Å².